The Morgan fingerprint density at radius 2 is 2.31 bits per heavy atom. The Bertz CT molecular complexity index is 388. The molecule has 88 valence electrons. The second-order valence-electron chi connectivity index (χ2n) is 3.37. The Labute approximate surface area is 92.4 Å². The Morgan fingerprint density at radius 1 is 1.62 bits per heavy atom. The molecule has 1 aromatic rings. The molecule has 0 fully saturated rings. The first-order chi connectivity index (χ1) is 7.49. The van der Waals surface area contributed by atoms with Crippen LogP contribution in [-0.4, -0.2) is 32.9 Å². The summed E-state index contributed by atoms with van der Waals surface area (Å²) in [5.74, 6) is -1.08. The van der Waals surface area contributed by atoms with Crippen molar-refractivity contribution in [3.05, 3.63) is 18.0 Å². The quantitative estimate of drug-likeness (QED) is 0.656. The van der Waals surface area contributed by atoms with Gasteiger partial charge in [-0.15, -0.1) is 0 Å². The van der Waals surface area contributed by atoms with E-state index in [1.807, 2.05) is 0 Å². The minimum Gasteiger partial charge on any atom is -0.480 e. The van der Waals surface area contributed by atoms with E-state index in [0.29, 0.717) is 5.69 Å². The maximum absolute atomic E-state index is 11.2. The standard InChI is InChI=1S/C9H14N4O3/c1-6(8(14)15)11-9(16)10-5-7-3-4-13(2)12-7/h3-4,6H,5H2,1-2H3,(H,14,15)(H2,10,11,16)/t6-/m1/s1. The smallest absolute Gasteiger partial charge is 0.325 e. The molecule has 7 nitrogen and oxygen atoms in total. The normalized spacial score (nSPS) is 11.9. The molecule has 0 spiro atoms. The molecule has 1 rings (SSSR count). The second-order valence-corrected chi connectivity index (χ2v) is 3.37. The highest BCUT2D eigenvalue weighted by Crippen LogP contribution is 1.92. The molecular weight excluding hydrogens is 212 g/mol. The first-order valence-electron chi connectivity index (χ1n) is 4.74. The van der Waals surface area contributed by atoms with Crippen LogP contribution in [0.2, 0.25) is 0 Å². The highest BCUT2D eigenvalue weighted by molar-refractivity contribution is 5.82. The molecule has 0 aliphatic carbocycles. The number of carboxylic acids is 1. The van der Waals surface area contributed by atoms with E-state index in [1.165, 1.54) is 6.92 Å². The fourth-order valence-electron chi connectivity index (χ4n) is 1.04. The molecule has 2 amide bonds. The number of carbonyl (C=O) groups excluding carboxylic acids is 1. The van der Waals surface area contributed by atoms with E-state index >= 15 is 0 Å². The van der Waals surface area contributed by atoms with Crippen LogP contribution in [0.15, 0.2) is 12.3 Å². The van der Waals surface area contributed by atoms with Gasteiger partial charge in [-0.3, -0.25) is 9.48 Å². The lowest BCUT2D eigenvalue weighted by Crippen LogP contribution is -2.44. The van der Waals surface area contributed by atoms with Gasteiger partial charge in [0.25, 0.3) is 0 Å². The number of nitrogens with one attached hydrogen (secondary N) is 2. The maximum atomic E-state index is 11.2. The predicted octanol–water partition coefficient (Wildman–Crippen LogP) is -0.308. The van der Waals surface area contributed by atoms with E-state index in [4.69, 9.17) is 5.11 Å². The molecule has 1 atom stereocenters. The molecule has 0 radical (unpaired) electrons. The molecule has 0 aliphatic heterocycles. The first kappa shape index (κ1) is 12.0. The van der Waals surface area contributed by atoms with Gasteiger partial charge in [-0.2, -0.15) is 5.10 Å². The monoisotopic (exact) mass is 226 g/mol. The summed E-state index contributed by atoms with van der Waals surface area (Å²) in [5.41, 5.74) is 0.709. The number of hydrogen-bond donors (Lipinski definition) is 3. The molecule has 16 heavy (non-hydrogen) atoms. The van der Waals surface area contributed by atoms with Crippen LogP contribution < -0.4 is 10.6 Å². The summed E-state index contributed by atoms with van der Waals surface area (Å²) in [6.45, 7) is 1.65. The van der Waals surface area contributed by atoms with Gasteiger partial charge in [0.1, 0.15) is 6.04 Å². The van der Waals surface area contributed by atoms with Crippen molar-refractivity contribution in [2.24, 2.45) is 7.05 Å². The summed E-state index contributed by atoms with van der Waals surface area (Å²) in [4.78, 5) is 21.7. The van der Waals surface area contributed by atoms with Crippen molar-refractivity contribution in [1.82, 2.24) is 20.4 Å². The number of amides is 2. The van der Waals surface area contributed by atoms with E-state index in [0.717, 1.165) is 0 Å². The van der Waals surface area contributed by atoms with Crippen molar-refractivity contribution < 1.29 is 14.7 Å². The number of carbonyl (C=O) groups is 2. The summed E-state index contributed by atoms with van der Waals surface area (Å²) >= 11 is 0. The lowest BCUT2D eigenvalue weighted by atomic mass is 10.3. The number of aliphatic carboxylic acids is 1. The molecule has 3 N–H and O–H groups in total. The molecule has 0 saturated carbocycles. The van der Waals surface area contributed by atoms with Gasteiger partial charge in [0.05, 0.1) is 12.2 Å². The fourth-order valence-corrected chi connectivity index (χ4v) is 1.04. The maximum Gasteiger partial charge on any atom is 0.325 e. The van der Waals surface area contributed by atoms with E-state index in [-0.39, 0.29) is 6.54 Å². The number of aryl methyl sites for hydroxylation is 1. The molecule has 0 bridgehead atoms. The van der Waals surface area contributed by atoms with Gasteiger partial charge in [-0.05, 0) is 13.0 Å². The van der Waals surface area contributed by atoms with Crippen LogP contribution in [0.1, 0.15) is 12.6 Å². The number of aromatic nitrogens is 2. The van der Waals surface area contributed by atoms with E-state index in [9.17, 15) is 9.59 Å². The molecule has 0 aliphatic rings. The average Bonchev–Trinajstić information content (AvgIpc) is 2.61. The summed E-state index contributed by atoms with van der Waals surface area (Å²) in [6.07, 6.45) is 1.76. The van der Waals surface area contributed by atoms with Gasteiger partial charge < -0.3 is 15.7 Å². The number of rotatable bonds is 4. The highest BCUT2D eigenvalue weighted by Gasteiger charge is 2.13. The van der Waals surface area contributed by atoms with Crippen molar-refractivity contribution in [2.75, 3.05) is 0 Å². The van der Waals surface area contributed by atoms with E-state index < -0.39 is 18.0 Å². The zero-order chi connectivity index (χ0) is 12.1. The summed E-state index contributed by atoms with van der Waals surface area (Å²) in [6, 6.07) is 0.324. The lowest BCUT2D eigenvalue weighted by molar-refractivity contribution is -0.138. The largest absolute Gasteiger partial charge is 0.480 e. The summed E-state index contributed by atoms with van der Waals surface area (Å²) in [5, 5.41) is 17.4. The van der Waals surface area contributed by atoms with Gasteiger partial charge >= 0.3 is 12.0 Å². The molecule has 0 unspecified atom stereocenters. The molecule has 0 saturated heterocycles. The topological polar surface area (TPSA) is 96.3 Å². The average molecular weight is 226 g/mol. The molecular formula is C9H14N4O3. The summed E-state index contributed by atoms with van der Waals surface area (Å²) < 4.78 is 1.62. The van der Waals surface area contributed by atoms with Crippen LogP contribution in [0.4, 0.5) is 4.79 Å². The zero-order valence-corrected chi connectivity index (χ0v) is 9.10. The van der Waals surface area contributed by atoms with Crippen LogP contribution in [-0.2, 0) is 18.4 Å². The van der Waals surface area contributed by atoms with Crippen LogP contribution in [0.5, 0.6) is 0 Å². The zero-order valence-electron chi connectivity index (χ0n) is 9.10. The van der Waals surface area contributed by atoms with E-state index in [2.05, 4.69) is 15.7 Å². The van der Waals surface area contributed by atoms with Crippen LogP contribution >= 0.6 is 0 Å². The van der Waals surface area contributed by atoms with Crippen molar-refractivity contribution >= 4 is 12.0 Å². The predicted molar refractivity (Wildman–Crippen MR) is 55.7 cm³/mol. The third-order valence-electron chi connectivity index (χ3n) is 1.92. The van der Waals surface area contributed by atoms with Crippen molar-refractivity contribution in [1.29, 1.82) is 0 Å². The van der Waals surface area contributed by atoms with Gasteiger partial charge in [0.2, 0.25) is 0 Å². The molecule has 1 aromatic heterocycles. The molecule has 1 heterocycles. The SMILES string of the molecule is C[C@@H](NC(=O)NCc1ccn(C)n1)C(=O)O. The molecule has 0 aromatic carbocycles. The Morgan fingerprint density at radius 3 is 2.81 bits per heavy atom. The van der Waals surface area contributed by atoms with Crippen molar-refractivity contribution in [2.45, 2.75) is 19.5 Å². The first-order valence-corrected chi connectivity index (χ1v) is 4.74. The van der Waals surface area contributed by atoms with E-state index in [1.54, 1.807) is 24.0 Å². The number of urea groups is 1. The van der Waals surface area contributed by atoms with Gasteiger partial charge in [0.15, 0.2) is 0 Å². The van der Waals surface area contributed by atoms with Gasteiger partial charge in [-0.1, -0.05) is 0 Å². The van der Waals surface area contributed by atoms with Crippen LogP contribution in [0.25, 0.3) is 0 Å². The van der Waals surface area contributed by atoms with Crippen LogP contribution in [0.3, 0.4) is 0 Å². The Kier molecular flexibility index (Phi) is 3.87. The lowest BCUT2D eigenvalue weighted by Gasteiger charge is -2.09. The number of hydrogen-bond acceptors (Lipinski definition) is 3. The molecule has 7 heteroatoms. The Balaban J connectivity index is 2.33. The van der Waals surface area contributed by atoms with Crippen molar-refractivity contribution in [3.63, 3.8) is 0 Å². The number of carboxylic acid groups (broad SMARTS) is 1. The van der Waals surface area contributed by atoms with Gasteiger partial charge in [-0.25, -0.2) is 4.79 Å². The second kappa shape index (κ2) is 5.15. The number of nitrogens with zero attached hydrogens (tertiary/aromatic N) is 2. The highest BCUT2D eigenvalue weighted by atomic mass is 16.4. The fraction of sp³-hybridized carbons (Fsp3) is 0.444. The minimum atomic E-state index is -1.08. The Hall–Kier alpha value is -2.05. The van der Waals surface area contributed by atoms with Gasteiger partial charge in [0, 0.05) is 13.2 Å². The summed E-state index contributed by atoms with van der Waals surface area (Å²) in [7, 11) is 1.77. The third-order valence-corrected chi connectivity index (χ3v) is 1.92. The third kappa shape index (κ3) is 3.60. The van der Waals surface area contributed by atoms with Crippen molar-refractivity contribution in [3.8, 4) is 0 Å². The minimum absolute atomic E-state index is 0.263. The van der Waals surface area contributed by atoms with Crippen LogP contribution in [0, 0.1) is 0 Å².